The van der Waals surface area contributed by atoms with Crippen molar-refractivity contribution in [3.63, 3.8) is 0 Å². The van der Waals surface area contributed by atoms with Crippen LogP contribution in [0.15, 0.2) is 24.3 Å². The van der Waals surface area contributed by atoms with Crippen LogP contribution in [0.25, 0.3) is 0 Å². The van der Waals surface area contributed by atoms with Gasteiger partial charge >= 0.3 is 6.18 Å². The summed E-state index contributed by atoms with van der Waals surface area (Å²) in [6, 6.07) is 4.35. The number of benzene rings is 1. The van der Waals surface area contributed by atoms with E-state index in [0.717, 1.165) is 12.1 Å². The second-order valence-corrected chi connectivity index (χ2v) is 5.33. The highest BCUT2D eigenvalue weighted by Gasteiger charge is 2.35. The van der Waals surface area contributed by atoms with Crippen LogP contribution in [0.3, 0.4) is 0 Å². The number of nitrogens with one attached hydrogen (secondary N) is 1. The first-order chi connectivity index (χ1) is 9.86. The van der Waals surface area contributed by atoms with E-state index in [2.05, 4.69) is 5.32 Å². The lowest BCUT2D eigenvalue weighted by molar-refractivity contribution is -0.137. The number of amides is 1. The Bertz CT molecular complexity index is 513. The standard InChI is InChI=1S/C14H15ClF3NO2/c15-9-13(4-6-21-7-5-13)19-12(20)10-2-1-3-11(8-10)14(16,17)18/h1-3,8H,4-7,9H2,(H,19,20). The van der Waals surface area contributed by atoms with Crippen LogP contribution < -0.4 is 5.32 Å². The molecule has 21 heavy (non-hydrogen) atoms. The number of rotatable bonds is 3. The summed E-state index contributed by atoms with van der Waals surface area (Å²) < 4.78 is 43.2. The molecule has 0 unspecified atom stereocenters. The van der Waals surface area contributed by atoms with Gasteiger partial charge in [-0.1, -0.05) is 6.07 Å². The quantitative estimate of drug-likeness (QED) is 0.868. The number of ether oxygens (including phenoxy) is 1. The van der Waals surface area contributed by atoms with Crippen LogP contribution in [-0.4, -0.2) is 30.5 Å². The van der Waals surface area contributed by atoms with Gasteiger partial charge in [-0.15, -0.1) is 11.6 Å². The van der Waals surface area contributed by atoms with Crippen molar-refractivity contribution in [2.75, 3.05) is 19.1 Å². The normalized spacial score (nSPS) is 18.3. The number of halogens is 4. The molecule has 3 nitrogen and oxygen atoms in total. The Balaban J connectivity index is 2.16. The molecule has 1 fully saturated rings. The molecule has 1 heterocycles. The summed E-state index contributed by atoms with van der Waals surface area (Å²) in [6.45, 7) is 0.936. The summed E-state index contributed by atoms with van der Waals surface area (Å²) in [4.78, 5) is 12.2. The molecule has 7 heteroatoms. The van der Waals surface area contributed by atoms with Gasteiger partial charge in [0.1, 0.15) is 0 Å². The molecule has 116 valence electrons. The van der Waals surface area contributed by atoms with Crippen molar-refractivity contribution in [2.45, 2.75) is 24.6 Å². The summed E-state index contributed by atoms with van der Waals surface area (Å²) in [6.07, 6.45) is -3.39. The van der Waals surface area contributed by atoms with E-state index in [1.165, 1.54) is 12.1 Å². The maximum absolute atomic E-state index is 12.7. The van der Waals surface area contributed by atoms with E-state index >= 15 is 0 Å². The second kappa shape index (κ2) is 6.23. The van der Waals surface area contributed by atoms with Crippen LogP contribution in [0.5, 0.6) is 0 Å². The minimum atomic E-state index is -4.47. The molecule has 0 bridgehead atoms. The van der Waals surface area contributed by atoms with Gasteiger partial charge in [-0.05, 0) is 31.0 Å². The smallest absolute Gasteiger partial charge is 0.381 e. The highest BCUT2D eigenvalue weighted by molar-refractivity contribution is 6.19. The molecule has 1 aliphatic rings. The lowest BCUT2D eigenvalue weighted by Crippen LogP contribution is -2.53. The van der Waals surface area contributed by atoms with Gasteiger partial charge in [-0.2, -0.15) is 13.2 Å². The van der Waals surface area contributed by atoms with Crippen molar-refractivity contribution in [2.24, 2.45) is 0 Å². The van der Waals surface area contributed by atoms with Crippen molar-refractivity contribution < 1.29 is 22.7 Å². The van der Waals surface area contributed by atoms with Crippen molar-refractivity contribution >= 4 is 17.5 Å². The number of hydrogen-bond donors (Lipinski definition) is 1. The molecule has 2 rings (SSSR count). The van der Waals surface area contributed by atoms with Crippen molar-refractivity contribution in [3.8, 4) is 0 Å². The largest absolute Gasteiger partial charge is 0.416 e. The number of carbonyl (C=O) groups excluding carboxylic acids is 1. The summed E-state index contributed by atoms with van der Waals surface area (Å²) in [5.74, 6) is -0.357. The molecule has 0 aromatic heterocycles. The third kappa shape index (κ3) is 3.89. The molecule has 0 atom stereocenters. The van der Waals surface area contributed by atoms with Crippen molar-refractivity contribution in [1.29, 1.82) is 0 Å². The molecule has 1 aromatic rings. The van der Waals surface area contributed by atoms with Gasteiger partial charge < -0.3 is 10.1 Å². The Hall–Kier alpha value is -1.27. The van der Waals surface area contributed by atoms with E-state index in [1.807, 2.05) is 0 Å². The summed E-state index contributed by atoms with van der Waals surface area (Å²) >= 11 is 5.92. The van der Waals surface area contributed by atoms with Crippen LogP contribution in [0.1, 0.15) is 28.8 Å². The molecular formula is C14H15ClF3NO2. The first kappa shape index (κ1) is 16.1. The fourth-order valence-electron chi connectivity index (χ4n) is 2.20. The van der Waals surface area contributed by atoms with Gasteiger partial charge in [0.05, 0.1) is 11.1 Å². The van der Waals surface area contributed by atoms with E-state index in [9.17, 15) is 18.0 Å². The summed E-state index contributed by atoms with van der Waals surface area (Å²) in [7, 11) is 0. The van der Waals surface area contributed by atoms with Gasteiger partial charge in [-0.3, -0.25) is 4.79 Å². The fourth-order valence-corrected chi connectivity index (χ4v) is 2.54. The molecule has 1 aliphatic heterocycles. The van der Waals surface area contributed by atoms with E-state index in [1.54, 1.807) is 0 Å². The average Bonchev–Trinajstić information content (AvgIpc) is 2.47. The molecule has 1 amide bonds. The monoisotopic (exact) mass is 321 g/mol. The average molecular weight is 322 g/mol. The lowest BCUT2D eigenvalue weighted by Gasteiger charge is -2.36. The van der Waals surface area contributed by atoms with Gasteiger partial charge in [0.2, 0.25) is 0 Å². The van der Waals surface area contributed by atoms with Crippen LogP contribution in [-0.2, 0) is 10.9 Å². The Morgan fingerprint density at radius 2 is 2.00 bits per heavy atom. The zero-order chi connectivity index (χ0) is 15.5. The van der Waals surface area contributed by atoms with Gasteiger partial charge in [-0.25, -0.2) is 0 Å². The third-order valence-corrected chi connectivity index (χ3v) is 4.05. The zero-order valence-corrected chi connectivity index (χ0v) is 11.9. The maximum Gasteiger partial charge on any atom is 0.416 e. The zero-order valence-electron chi connectivity index (χ0n) is 11.2. The van der Waals surface area contributed by atoms with E-state index in [4.69, 9.17) is 16.3 Å². The van der Waals surface area contributed by atoms with Gasteiger partial charge in [0.25, 0.3) is 5.91 Å². The first-order valence-electron chi connectivity index (χ1n) is 6.50. The van der Waals surface area contributed by atoms with Crippen LogP contribution in [0.4, 0.5) is 13.2 Å². The molecule has 1 aromatic carbocycles. The fraction of sp³-hybridized carbons (Fsp3) is 0.500. The summed E-state index contributed by atoms with van der Waals surface area (Å²) in [5.41, 5.74) is -1.49. The topological polar surface area (TPSA) is 38.3 Å². The number of alkyl halides is 4. The highest BCUT2D eigenvalue weighted by Crippen LogP contribution is 2.30. The Morgan fingerprint density at radius 1 is 1.33 bits per heavy atom. The van der Waals surface area contributed by atoms with Crippen LogP contribution >= 0.6 is 11.6 Å². The van der Waals surface area contributed by atoms with Crippen LogP contribution in [0.2, 0.25) is 0 Å². The Labute approximate surface area is 125 Å². The second-order valence-electron chi connectivity index (χ2n) is 5.06. The number of hydrogen-bond acceptors (Lipinski definition) is 2. The Kier molecular flexibility index (Phi) is 4.78. The molecular weight excluding hydrogens is 307 g/mol. The molecule has 0 spiro atoms. The molecule has 0 radical (unpaired) electrons. The minimum Gasteiger partial charge on any atom is -0.381 e. The molecule has 1 saturated heterocycles. The summed E-state index contributed by atoms with van der Waals surface area (Å²) in [5, 5.41) is 2.76. The number of carbonyl (C=O) groups is 1. The van der Waals surface area contributed by atoms with E-state index in [-0.39, 0.29) is 11.4 Å². The van der Waals surface area contributed by atoms with E-state index in [0.29, 0.717) is 26.1 Å². The molecule has 0 saturated carbocycles. The van der Waals surface area contributed by atoms with Crippen molar-refractivity contribution in [1.82, 2.24) is 5.32 Å². The lowest BCUT2D eigenvalue weighted by atomic mass is 9.91. The van der Waals surface area contributed by atoms with Gasteiger partial charge in [0, 0.05) is 24.7 Å². The predicted octanol–water partition coefficient (Wildman–Crippen LogP) is 3.22. The van der Waals surface area contributed by atoms with Crippen molar-refractivity contribution in [3.05, 3.63) is 35.4 Å². The first-order valence-corrected chi connectivity index (χ1v) is 7.03. The Morgan fingerprint density at radius 3 is 2.57 bits per heavy atom. The van der Waals surface area contributed by atoms with Crippen LogP contribution in [0, 0.1) is 0 Å². The molecule has 1 N–H and O–H groups in total. The predicted molar refractivity (Wildman–Crippen MR) is 72.4 cm³/mol. The molecule has 0 aliphatic carbocycles. The van der Waals surface area contributed by atoms with E-state index < -0.39 is 23.2 Å². The SMILES string of the molecule is O=C(NC1(CCl)CCOCC1)c1cccc(C(F)(F)F)c1. The third-order valence-electron chi connectivity index (χ3n) is 3.54. The van der Waals surface area contributed by atoms with Gasteiger partial charge in [0.15, 0.2) is 0 Å². The highest BCUT2D eigenvalue weighted by atomic mass is 35.5. The maximum atomic E-state index is 12.7. The minimum absolute atomic E-state index is 0.0270.